The van der Waals surface area contributed by atoms with E-state index in [1.54, 1.807) is 24.3 Å². The first-order chi connectivity index (χ1) is 14.7. The number of amides is 1. The molecule has 0 spiro atoms. The molecule has 8 heteroatoms. The topological polar surface area (TPSA) is 114 Å². The number of benzene rings is 2. The Morgan fingerprint density at radius 1 is 1.13 bits per heavy atom. The molecule has 0 aromatic heterocycles. The molecule has 0 radical (unpaired) electrons. The van der Waals surface area contributed by atoms with Crippen molar-refractivity contribution in [2.24, 2.45) is 5.73 Å². The van der Waals surface area contributed by atoms with Crippen molar-refractivity contribution in [2.45, 2.75) is 44.9 Å². The minimum Gasteiger partial charge on any atom is -0.497 e. The van der Waals surface area contributed by atoms with Crippen molar-refractivity contribution >= 4 is 17.7 Å². The number of ether oxygens (including phenoxy) is 4. The molecule has 0 bridgehead atoms. The van der Waals surface area contributed by atoms with Gasteiger partial charge in [0.15, 0.2) is 17.4 Å². The summed E-state index contributed by atoms with van der Waals surface area (Å²) in [7, 11) is 1.50. The van der Waals surface area contributed by atoms with Crippen LogP contribution in [0.25, 0.3) is 0 Å². The Kier molecular flexibility index (Phi) is 4.22. The number of carbonyl (C=O) groups is 3. The summed E-state index contributed by atoms with van der Waals surface area (Å²) in [6.07, 6.45) is -1.24. The Morgan fingerprint density at radius 2 is 1.90 bits per heavy atom. The highest BCUT2D eigenvalue weighted by molar-refractivity contribution is 6.29. The molecule has 1 saturated heterocycles. The molecule has 2 aliphatic carbocycles. The van der Waals surface area contributed by atoms with Gasteiger partial charge in [-0.3, -0.25) is 9.59 Å². The highest BCUT2D eigenvalue weighted by atomic mass is 16.8. The van der Waals surface area contributed by atoms with E-state index in [1.165, 1.54) is 7.11 Å². The van der Waals surface area contributed by atoms with Gasteiger partial charge in [0.25, 0.3) is 0 Å². The maximum atomic E-state index is 13.5. The molecule has 2 aromatic rings. The predicted molar refractivity (Wildman–Crippen MR) is 107 cm³/mol. The van der Waals surface area contributed by atoms with E-state index in [2.05, 4.69) is 0 Å². The van der Waals surface area contributed by atoms with Crippen molar-refractivity contribution in [3.05, 3.63) is 63.2 Å². The van der Waals surface area contributed by atoms with Gasteiger partial charge in [0.1, 0.15) is 18.5 Å². The molecule has 2 N–H and O–H groups in total. The van der Waals surface area contributed by atoms with Gasteiger partial charge in [0.05, 0.1) is 13.2 Å². The molecule has 2 atom stereocenters. The maximum absolute atomic E-state index is 13.5. The van der Waals surface area contributed by atoms with Crippen LogP contribution in [-0.2, 0) is 27.2 Å². The van der Waals surface area contributed by atoms with Crippen LogP contribution in [0.5, 0.6) is 5.75 Å². The SMILES string of the molecule is COc1ccc2c(c1)C(=O)c1cc(COC(N)=O)c3c(c1C2=O)CC1OC(C)(C)OC31. The second kappa shape index (κ2) is 6.63. The number of primary amides is 1. The first-order valence-electron chi connectivity index (χ1n) is 9.94. The van der Waals surface area contributed by atoms with E-state index in [-0.39, 0.29) is 35.4 Å². The lowest BCUT2D eigenvalue weighted by atomic mass is 9.79. The third-order valence-corrected chi connectivity index (χ3v) is 5.99. The number of hydrogen-bond donors (Lipinski definition) is 1. The van der Waals surface area contributed by atoms with Crippen LogP contribution in [0.1, 0.15) is 68.5 Å². The summed E-state index contributed by atoms with van der Waals surface area (Å²) < 4.78 is 22.4. The minimum absolute atomic E-state index is 0.135. The summed E-state index contributed by atoms with van der Waals surface area (Å²) in [6.45, 7) is 3.51. The van der Waals surface area contributed by atoms with E-state index in [4.69, 9.17) is 24.7 Å². The first-order valence-corrected chi connectivity index (χ1v) is 9.94. The van der Waals surface area contributed by atoms with Crippen molar-refractivity contribution in [2.75, 3.05) is 7.11 Å². The molecular weight excluding hydrogens is 402 g/mol. The van der Waals surface area contributed by atoms with Gasteiger partial charge in [-0.05, 0) is 54.8 Å². The number of fused-ring (bicyclic) bond motifs is 6. The minimum atomic E-state index is -0.928. The Balaban J connectivity index is 1.70. The van der Waals surface area contributed by atoms with Gasteiger partial charge in [-0.15, -0.1) is 0 Å². The molecule has 0 saturated carbocycles. The van der Waals surface area contributed by atoms with Crippen LogP contribution >= 0.6 is 0 Å². The lowest BCUT2D eigenvalue weighted by Gasteiger charge is -2.25. The van der Waals surface area contributed by atoms with E-state index in [9.17, 15) is 14.4 Å². The molecular formula is C23H21NO7. The Hall–Kier alpha value is -3.23. The molecule has 1 fully saturated rings. The third-order valence-electron chi connectivity index (χ3n) is 5.99. The summed E-state index contributed by atoms with van der Waals surface area (Å²) in [5.74, 6) is -0.815. The number of methoxy groups -OCH3 is 1. The second-order valence-corrected chi connectivity index (χ2v) is 8.33. The van der Waals surface area contributed by atoms with Crippen LogP contribution in [0.3, 0.4) is 0 Å². The molecule has 5 rings (SSSR count). The number of carbonyl (C=O) groups excluding carboxylic acids is 3. The third kappa shape index (κ3) is 2.94. The number of ketones is 2. The standard InChI is InChI=1S/C23H21NO7/c1-23(2)30-16-8-14-17(21(16)31-23)10(9-29-22(24)27)6-15-18(14)20(26)12-5-4-11(28-3)7-13(12)19(15)25/h4-7,16,21H,8-9H2,1-3H3,(H2,24,27). The van der Waals surface area contributed by atoms with E-state index >= 15 is 0 Å². The quantitative estimate of drug-likeness (QED) is 0.689. The van der Waals surface area contributed by atoms with Crippen molar-refractivity contribution < 1.29 is 33.3 Å². The molecule has 8 nitrogen and oxygen atoms in total. The van der Waals surface area contributed by atoms with Crippen molar-refractivity contribution in [1.29, 1.82) is 0 Å². The molecule has 2 aromatic carbocycles. The van der Waals surface area contributed by atoms with Gasteiger partial charge in [0, 0.05) is 28.7 Å². The lowest BCUT2D eigenvalue weighted by molar-refractivity contribution is -0.148. The van der Waals surface area contributed by atoms with Crippen LogP contribution < -0.4 is 10.5 Å². The zero-order valence-electron chi connectivity index (χ0n) is 17.3. The maximum Gasteiger partial charge on any atom is 0.404 e. The average Bonchev–Trinajstić information content (AvgIpc) is 3.21. The van der Waals surface area contributed by atoms with Gasteiger partial charge in [0.2, 0.25) is 0 Å². The van der Waals surface area contributed by atoms with Gasteiger partial charge < -0.3 is 24.7 Å². The fraction of sp³-hybridized carbons (Fsp3) is 0.348. The number of hydrogen-bond acceptors (Lipinski definition) is 7. The van der Waals surface area contributed by atoms with E-state index in [1.807, 2.05) is 13.8 Å². The number of rotatable bonds is 3. The van der Waals surface area contributed by atoms with Crippen LogP contribution in [0.2, 0.25) is 0 Å². The average molecular weight is 423 g/mol. The fourth-order valence-electron chi connectivity index (χ4n) is 4.83. The smallest absolute Gasteiger partial charge is 0.404 e. The Morgan fingerprint density at radius 3 is 2.61 bits per heavy atom. The molecule has 1 aliphatic heterocycles. The zero-order valence-corrected chi connectivity index (χ0v) is 17.3. The summed E-state index contributed by atoms with van der Waals surface area (Å²) in [6, 6.07) is 6.44. The molecule has 1 amide bonds. The summed E-state index contributed by atoms with van der Waals surface area (Å²) in [5, 5.41) is 0. The Bertz CT molecular complexity index is 1170. The van der Waals surface area contributed by atoms with Crippen LogP contribution in [-0.4, -0.2) is 36.7 Å². The molecule has 160 valence electrons. The first kappa shape index (κ1) is 19.7. The highest BCUT2D eigenvalue weighted by Gasteiger charge is 2.50. The lowest BCUT2D eigenvalue weighted by Crippen LogP contribution is -2.26. The summed E-state index contributed by atoms with van der Waals surface area (Å²) >= 11 is 0. The summed E-state index contributed by atoms with van der Waals surface area (Å²) in [5.41, 5.74) is 8.42. The fourth-order valence-corrected chi connectivity index (χ4v) is 4.83. The Labute approximate surface area is 178 Å². The van der Waals surface area contributed by atoms with Crippen LogP contribution in [0.4, 0.5) is 4.79 Å². The number of nitrogens with two attached hydrogens (primary N) is 1. The monoisotopic (exact) mass is 423 g/mol. The van der Waals surface area contributed by atoms with Crippen molar-refractivity contribution in [3.63, 3.8) is 0 Å². The molecule has 1 heterocycles. The van der Waals surface area contributed by atoms with E-state index in [0.717, 1.165) is 5.56 Å². The van der Waals surface area contributed by atoms with Crippen LogP contribution in [0, 0.1) is 0 Å². The van der Waals surface area contributed by atoms with Gasteiger partial charge in [-0.1, -0.05) is 0 Å². The van der Waals surface area contributed by atoms with Gasteiger partial charge >= 0.3 is 6.09 Å². The summed E-state index contributed by atoms with van der Waals surface area (Å²) in [4.78, 5) is 38.1. The van der Waals surface area contributed by atoms with Crippen molar-refractivity contribution in [3.8, 4) is 5.75 Å². The van der Waals surface area contributed by atoms with Crippen LogP contribution in [0.15, 0.2) is 24.3 Å². The second-order valence-electron chi connectivity index (χ2n) is 8.33. The normalized spacial score (nSPS) is 22.4. The van der Waals surface area contributed by atoms with E-state index in [0.29, 0.717) is 34.4 Å². The largest absolute Gasteiger partial charge is 0.497 e. The highest BCUT2D eigenvalue weighted by Crippen LogP contribution is 2.50. The van der Waals surface area contributed by atoms with Crippen molar-refractivity contribution in [1.82, 2.24) is 0 Å². The zero-order chi connectivity index (χ0) is 22.1. The predicted octanol–water partition coefficient (Wildman–Crippen LogP) is 2.81. The van der Waals surface area contributed by atoms with Gasteiger partial charge in [-0.25, -0.2) is 4.79 Å². The van der Waals surface area contributed by atoms with Gasteiger partial charge in [-0.2, -0.15) is 0 Å². The molecule has 31 heavy (non-hydrogen) atoms. The van der Waals surface area contributed by atoms with E-state index < -0.39 is 18.0 Å². The molecule has 3 aliphatic rings. The molecule has 2 unspecified atom stereocenters.